The van der Waals surface area contributed by atoms with Gasteiger partial charge in [-0.1, -0.05) is 31.5 Å². The quantitative estimate of drug-likeness (QED) is 0.797. The standard InChI is InChI=1S/C17H27ClN2O3S/c1-13(2)10-15(20-6-8-23-9-7-20)12-19-24(21,22)16-5-4-14(3)17(18)11-16/h4-5,11,13,15,19H,6-10,12H2,1-3H3. The monoisotopic (exact) mass is 374 g/mol. The van der Waals surface area contributed by atoms with Crippen LogP contribution in [-0.4, -0.2) is 52.2 Å². The van der Waals surface area contributed by atoms with Crippen LogP contribution in [0.2, 0.25) is 5.02 Å². The number of nitrogens with zero attached hydrogens (tertiary/aromatic N) is 1. The van der Waals surface area contributed by atoms with Crippen molar-refractivity contribution in [3.05, 3.63) is 28.8 Å². The summed E-state index contributed by atoms with van der Waals surface area (Å²) in [5.41, 5.74) is 0.863. The molecule has 1 aromatic carbocycles. The van der Waals surface area contributed by atoms with Gasteiger partial charge in [0.25, 0.3) is 0 Å². The SMILES string of the molecule is Cc1ccc(S(=O)(=O)NCC(CC(C)C)N2CCOCC2)cc1Cl. The first-order valence-corrected chi connectivity index (χ1v) is 10.2. The van der Waals surface area contributed by atoms with Gasteiger partial charge in [0, 0.05) is 30.7 Å². The Morgan fingerprint density at radius 3 is 2.54 bits per heavy atom. The van der Waals surface area contributed by atoms with Crippen molar-refractivity contribution in [2.24, 2.45) is 5.92 Å². The molecule has 0 saturated carbocycles. The lowest BCUT2D eigenvalue weighted by Crippen LogP contribution is -2.49. The fraction of sp³-hybridized carbons (Fsp3) is 0.647. The number of rotatable bonds is 7. The largest absolute Gasteiger partial charge is 0.379 e. The van der Waals surface area contributed by atoms with Crippen LogP contribution in [0.1, 0.15) is 25.8 Å². The summed E-state index contributed by atoms with van der Waals surface area (Å²) >= 11 is 6.06. The summed E-state index contributed by atoms with van der Waals surface area (Å²) in [6.07, 6.45) is 0.942. The van der Waals surface area contributed by atoms with Crippen LogP contribution in [0.25, 0.3) is 0 Å². The molecule has 1 aliphatic rings. The Morgan fingerprint density at radius 2 is 1.96 bits per heavy atom. The second-order valence-electron chi connectivity index (χ2n) is 6.69. The van der Waals surface area contributed by atoms with Crippen molar-refractivity contribution in [3.63, 3.8) is 0 Å². The fourth-order valence-corrected chi connectivity index (χ4v) is 4.22. The van der Waals surface area contributed by atoms with E-state index in [1.54, 1.807) is 12.1 Å². The number of hydrogen-bond acceptors (Lipinski definition) is 4. The van der Waals surface area contributed by atoms with Gasteiger partial charge in [0.05, 0.1) is 18.1 Å². The summed E-state index contributed by atoms with van der Waals surface area (Å²) in [6.45, 7) is 9.65. The van der Waals surface area contributed by atoms with Gasteiger partial charge in [-0.25, -0.2) is 13.1 Å². The number of ether oxygens (including phenoxy) is 1. The average molecular weight is 375 g/mol. The Hall–Kier alpha value is -0.660. The maximum atomic E-state index is 12.6. The van der Waals surface area contributed by atoms with Crippen LogP contribution in [0.4, 0.5) is 0 Å². The Balaban J connectivity index is 2.07. The third kappa shape index (κ3) is 5.43. The van der Waals surface area contributed by atoms with Gasteiger partial charge in [-0.05, 0) is 37.0 Å². The van der Waals surface area contributed by atoms with Gasteiger partial charge in [-0.2, -0.15) is 0 Å². The van der Waals surface area contributed by atoms with Crippen LogP contribution >= 0.6 is 11.6 Å². The van der Waals surface area contributed by atoms with E-state index in [2.05, 4.69) is 23.5 Å². The van der Waals surface area contributed by atoms with Gasteiger partial charge in [0.1, 0.15) is 0 Å². The molecule has 7 heteroatoms. The number of sulfonamides is 1. The van der Waals surface area contributed by atoms with Crippen LogP contribution in [0.5, 0.6) is 0 Å². The van der Waals surface area contributed by atoms with Crippen molar-refractivity contribution in [3.8, 4) is 0 Å². The molecule has 136 valence electrons. The Labute approximate surface area is 150 Å². The van der Waals surface area contributed by atoms with Crippen LogP contribution in [0.15, 0.2) is 23.1 Å². The molecule has 0 aromatic heterocycles. The molecule has 1 fully saturated rings. The smallest absolute Gasteiger partial charge is 0.240 e. The summed E-state index contributed by atoms with van der Waals surface area (Å²) < 4.78 is 33.3. The normalized spacial score (nSPS) is 18.0. The van der Waals surface area contributed by atoms with E-state index in [0.29, 0.717) is 30.7 Å². The zero-order valence-electron chi connectivity index (χ0n) is 14.6. The third-order valence-electron chi connectivity index (χ3n) is 4.27. The molecule has 0 aliphatic carbocycles. The van der Waals surface area contributed by atoms with E-state index in [-0.39, 0.29) is 10.9 Å². The first kappa shape index (κ1) is 19.7. The minimum Gasteiger partial charge on any atom is -0.379 e. The summed E-state index contributed by atoms with van der Waals surface area (Å²) in [4.78, 5) is 2.53. The van der Waals surface area contributed by atoms with E-state index in [4.69, 9.17) is 16.3 Å². The maximum absolute atomic E-state index is 12.6. The van der Waals surface area contributed by atoms with Crippen molar-refractivity contribution in [1.82, 2.24) is 9.62 Å². The molecule has 1 atom stereocenters. The number of aryl methyl sites for hydroxylation is 1. The fourth-order valence-electron chi connectivity index (χ4n) is 2.88. The first-order chi connectivity index (χ1) is 11.3. The lowest BCUT2D eigenvalue weighted by molar-refractivity contribution is 0.0134. The van der Waals surface area contributed by atoms with Gasteiger partial charge in [-0.15, -0.1) is 0 Å². The third-order valence-corrected chi connectivity index (χ3v) is 6.10. The molecular weight excluding hydrogens is 348 g/mol. The Bertz CT molecular complexity index is 643. The number of halogens is 1. The summed E-state index contributed by atoms with van der Waals surface area (Å²) in [7, 11) is -3.56. The predicted molar refractivity (Wildman–Crippen MR) is 97.0 cm³/mol. The van der Waals surface area contributed by atoms with Gasteiger partial charge >= 0.3 is 0 Å². The summed E-state index contributed by atoms with van der Waals surface area (Å²) in [5, 5.41) is 0.463. The highest BCUT2D eigenvalue weighted by molar-refractivity contribution is 7.89. The molecule has 0 radical (unpaired) electrons. The number of morpholine rings is 1. The van der Waals surface area contributed by atoms with Crippen LogP contribution < -0.4 is 4.72 Å². The number of benzene rings is 1. The minimum absolute atomic E-state index is 0.171. The molecule has 0 spiro atoms. The second-order valence-corrected chi connectivity index (χ2v) is 8.87. The zero-order valence-corrected chi connectivity index (χ0v) is 16.2. The Morgan fingerprint density at radius 1 is 1.29 bits per heavy atom. The summed E-state index contributed by atoms with van der Waals surface area (Å²) in [6, 6.07) is 5.00. The molecule has 1 saturated heterocycles. The summed E-state index contributed by atoms with van der Waals surface area (Å²) in [5.74, 6) is 0.496. The zero-order chi connectivity index (χ0) is 17.7. The second kappa shape index (κ2) is 8.63. The van der Waals surface area contributed by atoms with Crippen molar-refractivity contribution in [1.29, 1.82) is 0 Å². The van der Waals surface area contributed by atoms with Gasteiger partial charge in [-0.3, -0.25) is 4.90 Å². The molecule has 0 amide bonds. The van der Waals surface area contributed by atoms with E-state index in [1.165, 1.54) is 6.07 Å². The van der Waals surface area contributed by atoms with Gasteiger partial charge in [0.15, 0.2) is 0 Å². The highest BCUT2D eigenvalue weighted by Gasteiger charge is 2.24. The minimum atomic E-state index is -3.56. The van der Waals surface area contributed by atoms with Gasteiger partial charge < -0.3 is 4.74 Å². The van der Waals surface area contributed by atoms with E-state index in [1.807, 2.05) is 6.92 Å². The van der Waals surface area contributed by atoms with Crippen molar-refractivity contribution >= 4 is 21.6 Å². The van der Waals surface area contributed by atoms with Crippen molar-refractivity contribution in [2.75, 3.05) is 32.8 Å². The number of nitrogens with one attached hydrogen (secondary N) is 1. The van der Waals surface area contributed by atoms with Crippen molar-refractivity contribution < 1.29 is 13.2 Å². The van der Waals surface area contributed by atoms with E-state index in [9.17, 15) is 8.42 Å². The number of hydrogen-bond donors (Lipinski definition) is 1. The van der Waals surface area contributed by atoms with Crippen LogP contribution in [0.3, 0.4) is 0 Å². The maximum Gasteiger partial charge on any atom is 0.240 e. The molecule has 2 rings (SSSR count). The highest BCUT2D eigenvalue weighted by Crippen LogP contribution is 2.20. The lowest BCUT2D eigenvalue weighted by atomic mass is 10.0. The van der Waals surface area contributed by atoms with E-state index < -0.39 is 10.0 Å². The molecule has 1 aliphatic heterocycles. The predicted octanol–water partition coefficient (Wildman–Crippen LogP) is 2.67. The molecule has 5 nitrogen and oxygen atoms in total. The molecule has 1 N–H and O–H groups in total. The Kier molecular flexibility index (Phi) is 7.07. The molecular formula is C17H27ClN2O3S. The lowest BCUT2D eigenvalue weighted by Gasteiger charge is -2.35. The molecule has 1 unspecified atom stereocenters. The van der Waals surface area contributed by atoms with Gasteiger partial charge in [0.2, 0.25) is 10.0 Å². The molecule has 24 heavy (non-hydrogen) atoms. The molecule has 1 heterocycles. The topological polar surface area (TPSA) is 58.6 Å². The van der Waals surface area contributed by atoms with E-state index >= 15 is 0 Å². The first-order valence-electron chi connectivity index (χ1n) is 8.37. The molecule has 1 aromatic rings. The van der Waals surface area contributed by atoms with E-state index in [0.717, 1.165) is 25.1 Å². The van der Waals surface area contributed by atoms with Crippen LogP contribution in [0, 0.1) is 12.8 Å². The van der Waals surface area contributed by atoms with Crippen LogP contribution in [-0.2, 0) is 14.8 Å². The average Bonchev–Trinajstić information content (AvgIpc) is 2.54. The highest BCUT2D eigenvalue weighted by atomic mass is 35.5. The van der Waals surface area contributed by atoms with Crippen molar-refractivity contribution in [2.45, 2.75) is 38.1 Å². The molecule has 0 bridgehead atoms.